The zero-order valence-corrected chi connectivity index (χ0v) is 21.4. The first-order valence-electron chi connectivity index (χ1n) is 11.8. The molecule has 37 heavy (non-hydrogen) atoms. The Labute approximate surface area is 216 Å². The molecule has 1 aliphatic heterocycles. The highest BCUT2D eigenvalue weighted by atomic mass is 32.2. The molecule has 10 heteroatoms. The second-order valence-electron chi connectivity index (χ2n) is 8.89. The van der Waals surface area contributed by atoms with E-state index >= 15 is 0 Å². The second-order valence-corrected chi connectivity index (χ2v) is 10.6. The number of carboxylic acids is 1. The number of fused-ring (bicyclic) bond motifs is 1. The average Bonchev–Trinajstić information content (AvgIpc) is 2.87. The van der Waals surface area contributed by atoms with Gasteiger partial charge in [-0.15, -0.1) is 0 Å². The predicted octanol–water partition coefficient (Wildman–Crippen LogP) is 2.08. The van der Waals surface area contributed by atoms with E-state index in [0.717, 1.165) is 27.6 Å². The summed E-state index contributed by atoms with van der Waals surface area (Å²) in [6.45, 7) is 4.63. The zero-order valence-electron chi connectivity index (χ0n) is 20.6. The standard InChI is InChI=1S/C27H28N4O5S/c1-18-4-3-5-21-10-11-22(25(24(18)21)26(28)32)9-6-20-7-12-23(13-8-20)30-14-16-31(17-15-30)37(35,36)29-19(2)27(33)34/h3-5,7-8,10-13,19,29H,14-17H2,1-2H3,(H2,28,32)(H,33,34)/t19-/m1/s1. The van der Waals surface area contributed by atoms with Gasteiger partial charge in [0.15, 0.2) is 0 Å². The summed E-state index contributed by atoms with van der Waals surface area (Å²) in [5, 5.41) is 10.7. The van der Waals surface area contributed by atoms with Crippen LogP contribution in [0.2, 0.25) is 0 Å². The van der Waals surface area contributed by atoms with Crippen LogP contribution in [0.25, 0.3) is 10.8 Å². The number of carbonyl (C=O) groups is 2. The number of nitrogens with one attached hydrogen (secondary N) is 1. The Balaban J connectivity index is 1.47. The zero-order chi connectivity index (χ0) is 26.7. The van der Waals surface area contributed by atoms with E-state index in [1.165, 1.54) is 11.2 Å². The van der Waals surface area contributed by atoms with Crippen LogP contribution < -0.4 is 15.4 Å². The number of aliphatic carboxylic acids is 1. The van der Waals surface area contributed by atoms with Crippen LogP contribution >= 0.6 is 0 Å². The van der Waals surface area contributed by atoms with Crippen LogP contribution in [-0.4, -0.2) is 61.9 Å². The minimum atomic E-state index is -3.88. The third kappa shape index (κ3) is 5.75. The van der Waals surface area contributed by atoms with Gasteiger partial charge in [-0.05, 0) is 60.5 Å². The molecule has 4 rings (SSSR count). The van der Waals surface area contributed by atoms with Gasteiger partial charge >= 0.3 is 5.97 Å². The lowest BCUT2D eigenvalue weighted by molar-refractivity contribution is -0.138. The number of primary amides is 1. The van der Waals surface area contributed by atoms with Gasteiger partial charge in [0.1, 0.15) is 6.04 Å². The normalized spacial score (nSPS) is 15.1. The molecule has 192 valence electrons. The maximum atomic E-state index is 12.4. The van der Waals surface area contributed by atoms with Crippen LogP contribution in [-0.2, 0) is 15.0 Å². The largest absolute Gasteiger partial charge is 0.480 e. The smallest absolute Gasteiger partial charge is 0.321 e. The molecule has 0 aliphatic carbocycles. The minimum Gasteiger partial charge on any atom is -0.480 e. The van der Waals surface area contributed by atoms with E-state index in [4.69, 9.17) is 10.8 Å². The topological polar surface area (TPSA) is 133 Å². The first-order valence-corrected chi connectivity index (χ1v) is 13.2. The SMILES string of the molecule is Cc1cccc2ccc(C#Cc3ccc(N4CCN(S(=O)(=O)N[C@H](C)C(=O)O)CC4)cc3)c(C(N)=O)c12. The average molecular weight is 521 g/mol. The highest BCUT2D eigenvalue weighted by Gasteiger charge is 2.29. The Morgan fingerprint density at radius 1 is 1.00 bits per heavy atom. The van der Waals surface area contributed by atoms with E-state index in [2.05, 4.69) is 21.5 Å². The lowest BCUT2D eigenvalue weighted by Crippen LogP contribution is -2.54. The summed E-state index contributed by atoms with van der Waals surface area (Å²) in [7, 11) is -3.88. The summed E-state index contributed by atoms with van der Waals surface area (Å²) in [6, 6.07) is 15.9. The summed E-state index contributed by atoms with van der Waals surface area (Å²) in [5.41, 5.74) is 9.34. The van der Waals surface area contributed by atoms with Crippen LogP contribution in [0.1, 0.15) is 34.0 Å². The first-order chi connectivity index (χ1) is 17.6. The monoisotopic (exact) mass is 520 g/mol. The maximum absolute atomic E-state index is 12.4. The number of piperazine rings is 1. The first kappa shape index (κ1) is 26.2. The minimum absolute atomic E-state index is 0.237. The van der Waals surface area contributed by atoms with Gasteiger partial charge in [0.05, 0.1) is 5.56 Å². The summed E-state index contributed by atoms with van der Waals surface area (Å²) in [4.78, 5) is 25.3. The number of anilines is 1. The highest BCUT2D eigenvalue weighted by Crippen LogP contribution is 2.25. The van der Waals surface area contributed by atoms with Gasteiger partial charge in [-0.1, -0.05) is 36.1 Å². The lowest BCUT2D eigenvalue weighted by Gasteiger charge is -2.35. The molecule has 1 amide bonds. The van der Waals surface area contributed by atoms with Crippen molar-refractivity contribution in [2.75, 3.05) is 31.1 Å². The van der Waals surface area contributed by atoms with Crippen molar-refractivity contribution in [3.63, 3.8) is 0 Å². The molecule has 3 aromatic carbocycles. The van der Waals surface area contributed by atoms with Gasteiger partial charge in [-0.2, -0.15) is 17.4 Å². The number of benzene rings is 3. The molecule has 1 aliphatic rings. The van der Waals surface area contributed by atoms with Crippen molar-refractivity contribution >= 4 is 38.5 Å². The van der Waals surface area contributed by atoms with Crippen LogP contribution in [0, 0.1) is 18.8 Å². The van der Waals surface area contributed by atoms with Crippen molar-refractivity contribution in [2.24, 2.45) is 5.73 Å². The molecule has 9 nitrogen and oxygen atoms in total. The molecular weight excluding hydrogens is 492 g/mol. The molecule has 0 bridgehead atoms. The summed E-state index contributed by atoms with van der Waals surface area (Å²) < 4.78 is 28.3. The highest BCUT2D eigenvalue weighted by molar-refractivity contribution is 7.87. The molecule has 0 unspecified atom stereocenters. The Kier molecular flexibility index (Phi) is 7.50. The fourth-order valence-corrected chi connectivity index (χ4v) is 5.69. The summed E-state index contributed by atoms with van der Waals surface area (Å²) in [5.74, 6) is 4.44. The van der Waals surface area contributed by atoms with Gasteiger partial charge in [0.25, 0.3) is 16.1 Å². The molecule has 0 saturated carbocycles. The number of nitrogens with two attached hydrogens (primary N) is 1. The van der Waals surface area contributed by atoms with Crippen LogP contribution in [0.4, 0.5) is 5.69 Å². The molecule has 1 heterocycles. The van der Waals surface area contributed by atoms with Crippen molar-refractivity contribution in [2.45, 2.75) is 19.9 Å². The van der Waals surface area contributed by atoms with Gasteiger partial charge in [-0.25, -0.2) is 0 Å². The van der Waals surface area contributed by atoms with Crippen molar-refractivity contribution in [3.8, 4) is 11.8 Å². The van der Waals surface area contributed by atoms with Crippen molar-refractivity contribution in [3.05, 3.63) is 76.9 Å². The molecule has 1 saturated heterocycles. The number of amides is 1. The molecule has 0 aromatic heterocycles. The fourth-order valence-electron chi connectivity index (χ4n) is 4.35. The molecule has 0 spiro atoms. The Morgan fingerprint density at radius 3 is 2.30 bits per heavy atom. The molecule has 1 atom stereocenters. The van der Waals surface area contributed by atoms with E-state index in [1.54, 1.807) is 0 Å². The maximum Gasteiger partial charge on any atom is 0.321 e. The van der Waals surface area contributed by atoms with Crippen LogP contribution in [0.5, 0.6) is 0 Å². The molecule has 4 N–H and O–H groups in total. The van der Waals surface area contributed by atoms with Gasteiger partial charge < -0.3 is 15.7 Å². The number of hydrogen-bond donors (Lipinski definition) is 3. The van der Waals surface area contributed by atoms with Gasteiger partial charge in [-0.3, -0.25) is 9.59 Å². The van der Waals surface area contributed by atoms with E-state index < -0.39 is 28.1 Å². The third-order valence-corrected chi connectivity index (χ3v) is 8.05. The van der Waals surface area contributed by atoms with E-state index in [1.807, 2.05) is 61.5 Å². The number of aryl methyl sites for hydroxylation is 1. The fraction of sp³-hybridized carbons (Fsp3) is 0.259. The van der Waals surface area contributed by atoms with Crippen molar-refractivity contribution < 1.29 is 23.1 Å². The van der Waals surface area contributed by atoms with Crippen molar-refractivity contribution in [1.82, 2.24) is 9.03 Å². The molecule has 1 fully saturated rings. The van der Waals surface area contributed by atoms with Crippen molar-refractivity contribution in [1.29, 1.82) is 0 Å². The lowest BCUT2D eigenvalue weighted by atomic mass is 9.95. The second kappa shape index (κ2) is 10.6. The van der Waals surface area contributed by atoms with Crippen LogP contribution in [0.15, 0.2) is 54.6 Å². The van der Waals surface area contributed by atoms with Crippen LogP contribution in [0.3, 0.4) is 0 Å². The summed E-state index contributed by atoms with van der Waals surface area (Å²) in [6.07, 6.45) is 0. The Hall–Kier alpha value is -3.91. The predicted molar refractivity (Wildman–Crippen MR) is 143 cm³/mol. The number of carbonyl (C=O) groups excluding carboxylic acids is 1. The quantitative estimate of drug-likeness (QED) is 0.426. The number of nitrogens with zero attached hydrogens (tertiary/aromatic N) is 2. The Bertz CT molecular complexity index is 1520. The third-order valence-electron chi connectivity index (χ3n) is 6.35. The summed E-state index contributed by atoms with van der Waals surface area (Å²) >= 11 is 0. The number of carboxylic acid groups (broad SMARTS) is 1. The van der Waals surface area contributed by atoms with E-state index in [-0.39, 0.29) is 13.1 Å². The van der Waals surface area contributed by atoms with Gasteiger partial charge in [0.2, 0.25) is 0 Å². The van der Waals surface area contributed by atoms with E-state index in [9.17, 15) is 18.0 Å². The van der Waals surface area contributed by atoms with E-state index in [0.29, 0.717) is 24.2 Å². The molecular formula is C27H28N4O5S. The Morgan fingerprint density at radius 2 is 1.68 bits per heavy atom. The molecule has 3 aromatic rings. The van der Waals surface area contributed by atoms with Gasteiger partial charge in [0, 0.05) is 43.0 Å². The number of hydrogen-bond acceptors (Lipinski definition) is 5. The molecule has 0 radical (unpaired) electrons. The number of rotatable bonds is 6.